The molecule has 0 spiro atoms. The van der Waals surface area contributed by atoms with Crippen molar-refractivity contribution < 1.29 is 14.4 Å². The molecule has 0 aliphatic rings. The van der Waals surface area contributed by atoms with Crippen molar-refractivity contribution in [2.45, 2.75) is 18.7 Å². The van der Waals surface area contributed by atoms with Gasteiger partial charge in [-0.1, -0.05) is 0 Å². The van der Waals surface area contributed by atoms with Crippen LogP contribution in [0.3, 0.4) is 0 Å². The van der Waals surface area contributed by atoms with E-state index in [1.807, 2.05) is 10.8 Å². The van der Waals surface area contributed by atoms with Crippen LogP contribution in [0.1, 0.15) is 18.0 Å². The van der Waals surface area contributed by atoms with Crippen molar-refractivity contribution in [2.75, 3.05) is 6.54 Å². The number of aromatic amines is 1. The molecule has 1 unspecified atom stereocenters. The maximum atomic E-state index is 11.4. The van der Waals surface area contributed by atoms with E-state index >= 15 is 0 Å². The first-order valence-electron chi connectivity index (χ1n) is 5.81. The molecule has 2 rings (SSSR count). The highest BCUT2D eigenvalue weighted by molar-refractivity contribution is 7.52. The quantitative estimate of drug-likeness (QED) is 0.434. The van der Waals surface area contributed by atoms with Gasteiger partial charge in [-0.3, -0.25) is 9.88 Å². The standard InChI is InChI=1S/C10H16N5O3P/c16-19(17,18)10(9-12-3-4-13-9)14-2-1-6-15-7-5-11-8-15/h3-5,7-8,10,14H,1-2,6H2,(H,12,13)(H2,16,17,18). The van der Waals surface area contributed by atoms with Gasteiger partial charge in [0.05, 0.1) is 6.33 Å². The number of hydrogen-bond acceptors (Lipinski definition) is 4. The van der Waals surface area contributed by atoms with E-state index < -0.39 is 13.4 Å². The Labute approximate surface area is 110 Å². The second-order valence-electron chi connectivity index (χ2n) is 4.07. The number of nitrogens with one attached hydrogen (secondary N) is 2. The molecule has 19 heavy (non-hydrogen) atoms. The summed E-state index contributed by atoms with van der Waals surface area (Å²) in [6.07, 6.45) is 8.96. The molecular formula is C10H16N5O3P. The molecule has 104 valence electrons. The van der Waals surface area contributed by atoms with E-state index in [2.05, 4.69) is 20.3 Å². The van der Waals surface area contributed by atoms with Gasteiger partial charge in [-0.15, -0.1) is 0 Å². The minimum absolute atomic E-state index is 0.246. The molecule has 0 aromatic carbocycles. The van der Waals surface area contributed by atoms with Crippen molar-refractivity contribution >= 4 is 7.60 Å². The van der Waals surface area contributed by atoms with Crippen molar-refractivity contribution in [3.8, 4) is 0 Å². The third-order valence-electron chi connectivity index (χ3n) is 2.60. The lowest BCUT2D eigenvalue weighted by molar-refractivity contribution is 0.344. The number of H-pyrrole nitrogens is 1. The molecule has 2 aromatic heterocycles. The van der Waals surface area contributed by atoms with Gasteiger partial charge in [0, 0.05) is 31.3 Å². The summed E-state index contributed by atoms with van der Waals surface area (Å²) in [4.78, 5) is 29.1. The first-order chi connectivity index (χ1) is 9.07. The molecule has 0 aliphatic carbocycles. The molecule has 0 bridgehead atoms. The van der Waals surface area contributed by atoms with Gasteiger partial charge in [-0.25, -0.2) is 9.97 Å². The Morgan fingerprint density at radius 3 is 2.89 bits per heavy atom. The van der Waals surface area contributed by atoms with Crippen LogP contribution >= 0.6 is 7.60 Å². The Kier molecular flexibility index (Phi) is 4.49. The van der Waals surface area contributed by atoms with Crippen molar-refractivity contribution in [1.29, 1.82) is 0 Å². The Morgan fingerprint density at radius 2 is 2.32 bits per heavy atom. The molecule has 0 aliphatic heterocycles. The van der Waals surface area contributed by atoms with Gasteiger partial charge >= 0.3 is 7.60 Å². The molecule has 0 fully saturated rings. The summed E-state index contributed by atoms with van der Waals surface area (Å²) in [6, 6.07) is 0. The second kappa shape index (κ2) is 6.12. The monoisotopic (exact) mass is 285 g/mol. The van der Waals surface area contributed by atoms with Crippen molar-refractivity contribution in [3.05, 3.63) is 36.9 Å². The van der Waals surface area contributed by atoms with Crippen LogP contribution in [-0.2, 0) is 11.1 Å². The van der Waals surface area contributed by atoms with Crippen LogP contribution in [0.2, 0.25) is 0 Å². The summed E-state index contributed by atoms with van der Waals surface area (Å²) in [5.41, 5.74) is 0. The molecule has 0 amide bonds. The molecule has 9 heteroatoms. The third-order valence-corrected chi connectivity index (χ3v) is 3.70. The summed E-state index contributed by atoms with van der Waals surface area (Å²) in [5.74, 6) is -0.846. The second-order valence-corrected chi connectivity index (χ2v) is 5.77. The lowest BCUT2D eigenvalue weighted by Crippen LogP contribution is -2.24. The predicted octanol–water partition coefficient (Wildman–Crippen LogP) is 0.462. The molecule has 1 atom stereocenters. The largest absolute Gasteiger partial charge is 0.350 e. The number of aryl methyl sites for hydroxylation is 1. The normalized spacial score (nSPS) is 13.6. The van der Waals surface area contributed by atoms with Crippen LogP contribution in [0, 0.1) is 0 Å². The molecule has 0 radical (unpaired) electrons. The Balaban J connectivity index is 1.86. The maximum Gasteiger partial charge on any atom is 0.350 e. The van der Waals surface area contributed by atoms with E-state index in [4.69, 9.17) is 0 Å². The van der Waals surface area contributed by atoms with Gasteiger partial charge in [0.2, 0.25) is 0 Å². The molecule has 0 saturated heterocycles. The molecule has 8 nitrogen and oxygen atoms in total. The van der Waals surface area contributed by atoms with Crippen molar-refractivity contribution in [2.24, 2.45) is 0 Å². The Morgan fingerprint density at radius 1 is 1.47 bits per heavy atom. The van der Waals surface area contributed by atoms with Crippen molar-refractivity contribution in [3.63, 3.8) is 0 Å². The highest BCUT2D eigenvalue weighted by Crippen LogP contribution is 2.48. The number of nitrogens with zero attached hydrogens (tertiary/aromatic N) is 3. The summed E-state index contributed by atoms with van der Waals surface area (Å²) < 4.78 is 13.3. The molecule has 2 heterocycles. The summed E-state index contributed by atoms with van der Waals surface area (Å²) in [6.45, 7) is 1.20. The lowest BCUT2D eigenvalue weighted by Gasteiger charge is -2.17. The summed E-state index contributed by atoms with van der Waals surface area (Å²) >= 11 is 0. The Hall–Kier alpha value is -1.47. The van der Waals surface area contributed by atoms with E-state index in [0.717, 1.165) is 13.0 Å². The average molecular weight is 285 g/mol. The molecule has 4 N–H and O–H groups in total. The first-order valence-corrected chi connectivity index (χ1v) is 7.49. The topological polar surface area (TPSA) is 116 Å². The fraction of sp³-hybridized carbons (Fsp3) is 0.400. The zero-order valence-electron chi connectivity index (χ0n) is 10.2. The van der Waals surface area contributed by atoms with Gasteiger partial charge in [0.15, 0.2) is 5.78 Å². The minimum Gasteiger partial charge on any atom is -0.347 e. The highest BCUT2D eigenvalue weighted by Gasteiger charge is 2.31. The van der Waals surface area contributed by atoms with Gasteiger partial charge in [0.1, 0.15) is 5.82 Å². The van der Waals surface area contributed by atoms with Crippen molar-refractivity contribution in [1.82, 2.24) is 24.8 Å². The van der Waals surface area contributed by atoms with Crippen LogP contribution < -0.4 is 5.32 Å². The van der Waals surface area contributed by atoms with Crippen LogP contribution in [0.25, 0.3) is 0 Å². The van der Waals surface area contributed by atoms with E-state index in [9.17, 15) is 14.4 Å². The number of hydrogen-bond donors (Lipinski definition) is 4. The van der Waals surface area contributed by atoms with Crippen LogP contribution in [-0.4, -0.2) is 35.9 Å². The van der Waals surface area contributed by atoms with Gasteiger partial charge in [0.25, 0.3) is 0 Å². The Bertz CT molecular complexity index is 521. The number of rotatable bonds is 7. The molecule has 2 aromatic rings. The van der Waals surface area contributed by atoms with E-state index in [-0.39, 0.29) is 5.82 Å². The summed E-state index contributed by atoms with van der Waals surface area (Å²) in [5, 5.41) is 2.83. The van der Waals surface area contributed by atoms with Crippen LogP contribution in [0.5, 0.6) is 0 Å². The fourth-order valence-corrected chi connectivity index (χ4v) is 2.55. The smallest absolute Gasteiger partial charge is 0.347 e. The van der Waals surface area contributed by atoms with E-state index in [0.29, 0.717) is 6.54 Å². The van der Waals surface area contributed by atoms with Gasteiger partial charge in [-0.2, -0.15) is 0 Å². The molecule has 0 saturated carbocycles. The minimum atomic E-state index is -4.29. The average Bonchev–Trinajstić information content (AvgIpc) is 2.98. The van der Waals surface area contributed by atoms with Crippen LogP contribution in [0.4, 0.5) is 0 Å². The maximum absolute atomic E-state index is 11.4. The van der Waals surface area contributed by atoms with E-state index in [1.54, 1.807) is 12.5 Å². The first kappa shape index (κ1) is 14.0. The number of imidazole rings is 2. The SMILES string of the molecule is O=P(O)(O)C(NCCCn1ccnc1)c1ncc[nH]1. The lowest BCUT2D eigenvalue weighted by atomic mass is 10.4. The zero-order chi connectivity index (χ0) is 13.7. The zero-order valence-corrected chi connectivity index (χ0v) is 11.1. The van der Waals surface area contributed by atoms with Crippen LogP contribution in [0.15, 0.2) is 31.1 Å². The van der Waals surface area contributed by atoms with Gasteiger partial charge in [-0.05, 0) is 13.0 Å². The summed E-state index contributed by atoms with van der Waals surface area (Å²) in [7, 11) is -4.29. The predicted molar refractivity (Wildman–Crippen MR) is 68.2 cm³/mol. The van der Waals surface area contributed by atoms with Gasteiger partial charge < -0.3 is 19.3 Å². The van der Waals surface area contributed by atoms with E-state index in [1.165, 1.54) is 12.4 Å². The number of aromatic nitrogens is 4. The third kappa shape index (κ3) is 4.00. The molecular weight excluding hydrogens is 269 g/mol. The fourth-order valence-electron chi connectivity index (χ4n) is 1.72. The highest BCUT2D eigenvalue weighted by atomic mass is 31.2.